The number of nitrogens with zero attached hydrogens (tertiary/aromatic N) is 4. The van der Waals surface area contributed by atoms with Crippen molar-refractivity contribution in [1.29, 1.82) is 0 Å². The smallest absolute Gasteiger partial charge is 0.237 e. The van der Waals surface area contributed by atoms with E-state index in [1.165, 1.54) is 22.9 Å². The van der Waals surface area contributed by atoms with Gasteiger partial charge >= 0.3 is 0 Å². The molecule has 1 aliphatic rings. The molecule has 1 aliphatic heterocycles. The van der Waals surface area contributed by atoms with Crippen molar-refractivity contribution in [2.24, 2.45) is 0 Å². The van der Waals surface area contributed by atoms with Gasteiger partial charge in [-0.15, -0.1) is 10.2 Å². The van der Waals surface area contributed by atoms with Crippen molar-refractivity contribution in [3.05, 3.63) is 65.2 Å². The number of anilines is 1. The fourth-order valence-electron chi connectivity index (χ4n) is 4.10. The van der Waals surface area contributed by atoms with E-state index < -0.39 is 0 Å². The van der Waals surface area contributed by atoms with Crippen LogP contribution in [0.5, 0.6) is 0 Å². The van der Waals surface area contributed by atoms with E-state index in [1.54, 1.807) is 0 Å². The number of carbonyl (C=O) groups excluding carboxylic acids is 1. The highest BCUT2D eigenvalue weighted by atomic mass is 32.2. The van der Waals surface area contributed by atoms with Crippen LogP contribution in [0.1, 0.15) is 23.1 Å². The van der Waals surface area contributed by atoms with Crippen LogP contribution < -0.4 is 4.90 Å². The summed E-state index contributed by atoms with van der Waals surface area (Å²) in [4.78, 5) is 14.9. The van der Waals surface area contributed by atoms with Crippen molar-refractivity contribution < 1.29 is 4.79 Å². The number of aryl methyl sites for hydroxylation is 3. The predicted molar refractivity (Wildman–Crippen MR) is 118 cm³/mol. The maximum atomic E-state index is 13.0. The normalized spacial score (nSPS) is 13.8. The Morgan fingerprint density at radius 1 is 1.10 bits per heavy atom. The lowest BCUT2D eigenvalue weighted by Crippen LogP contribution is -2.36. The first-order valence-electron chi connectivity index (χ1n) is 9.88. The van der Waals surface area contributed by atoms with Crippen molar-refractivity contribution in [2.45, 2.75) is 31.8 Å². The zero-order chi connectivity index (χ0) is 20.0. The molecule has 3 heterocycles. The molecule has 6 heteroatoms. The lowest BCUT2D eigenvalue weighted by molar-refractivity contribution is -0.116. The number of rotatable bonds is 3. The van der Waals surface area contributed by atoms with Gasteiger partial charge in [0.15, 0.2) is 10.8 Å². The summed E-state index contributed by atoms with van der Waals surface area (Å²) in [7, 11) is 0. The molecular formula is C23H22N4OS. The third kappa shape index (κ3) is 3.17. The minimum absolute atomic E-state index is 0.118. The third-order valence-corrected chi connectivity index (χ3v) is 6.43. The summed E-state index contributed by atoms with van der Waals surface area (Å²) < 4.78 is 2.08. The molecule has 1 amide bonds. The number of fused-ring (bicyclic) bond motifs is 4. The predicted octanol–water partition coefficient (Wildman–Crippen LogP) is 4.57. The molecule has 146 valence electrons. The average Bonchev–Trinajstić information content (AvgIpc) is 3.17. The van der Waals surface area contributed by atoms with Crippen LogP contribution in [0.2, 0.25) is 0 Å². The van der Waals surface area contributed by atoms with Crippen molar-refractivity contribution >= 4 is 39.9 Å². The summed E-state index contributed by atoms with van der Waals surface area (Å²) in [6, 6.07) is 16.7. The van der Waals surface area contributed by atoms with E-state index in [2.05, 4.69) is 51.9 Å². The minimum atomic E-state index is 0.118. The maximum Gasteiger partial charge on any atom is 0.237 e. The Hall–Kier alpha value is -2.86. The molecule has 0 N–H and O–H groups in total. The summed E-state index contributed by atoms with van der Waals surface area (Å²) in [5, 5.41) is 10.7. The van der Waals surface area contributed by atoms with Gasteiger partial charge in [0.1, 0.15) is 0 Å². The number of carbonyl (C=O) groups is 1. The Morgan fingerprint density at radius 2 is 1.97 bits per heavy atom. The second kappa shape index (κ2) is 7.19. The molecule has 0 radical (unpaired) electrons. The van der Waals surface area contributed by atoms with Gasteiger partial charge in [-0.05, 0) is 67.0 Å². The molecular weight excluding hydrogens is 380 g/mol. The zero-order valence-electron chi connectivity index (χ0n) is 16.6. The lowest BCUT2D eigenvalue weighted by Gasteiger charge is -2.29. The molecule has 0 aliphatic carbocycles. The quantitative estimate of drug-likeness (QED) is 0.471. The Kier molecular flexibility index (Phi) is 4.51. The molecule has 0 fully saturated rings. The van der Waals surface area contributed by atoms with Crippen LogP contribution in [0.3, 0.4) is 0 Å². The number of amides is 1. The summed E-state index contributed by atoms with van der Waals surface area (Å²) in [5.41, 5.74) is 6.50. The topological polar surface area (TPSA) is 50.5 Å². The molecule has 0 unspecified atom stereocenters. The van der Waals surface area contributed by atoms with Crippen molar-refractivity contribution in [2.75, 3.05) is 17.2 Å². The first-order chi connectivity index (χ1) is 14.1. The summed E-state index contributed by atoms with van der Waals surface area (Å²) >= 11 is 1.46. The van der Waals surface area contributed by atoms with Gasteiger partial charge in [-0.1, -0.05) is 42.1 Å². The standard InChI is InChI=1S/C23H22N4OS/c1-15-9-10-18-13-16(2)22-24-25-23(27(22)20(18)12-15)29-14-21(28)26-11-5-7-17-6-3-4-8-19(17)26/h3-4,6,8-10,12-13H,5,7,11,14H2,1-2H3. The van der Waals surface area contributed by atoms with Crippen LogP contribution in [0.15, 0.2) is 53.7 Å². The largest absolute Gasteiger partial charge is 0.311 e. The molecule has 0 atom stereocenters. The molecule has 4 aromatic rings. The molecule has 2 aromatic heterocycles. The lowest BCUT2D eigenvalue weighted by atomic mass is 10.0. The van der Waals surface area contributed by atoms with E-state index in [9.17, 15) is 4.79 Å². The molecule has 29 heavy (non-hydrogen) atoms. The zero-order valence-corrected chi connectivity index (χ0v) is 17.4. The van der Waals surface area contributed by atoms with Crippen LogP contribution in [0.25, 0.3) is 16.6 Å². The van der Waals surface area contributed by atoms with E-state index >= 15 is 0 Å². The van der Waals surface area contributed by atoms with Gasteiger partial charge in [0.05, 0.1) is 11.3 Å². The number of pyridine rings is 1. The van der Waals surface area contributed by atoms with Gasteiger partial charge in [0.25, 0.3) is 0 Å². The van der Waals surface area contributed by atoms with Crippen LogP contribution in [0.4, 0.5) is 5.69 Å². The van der Waals surface area contributed by atoms with Gasteiger partial charge in [0.2, 0.25) is 5.91 Å². The molecule has 0 saturated carbocycles. The molecule has 2 aromatic carbocycles. The second-order valence-corrected chi connectivity index (χ2v) is 8.54. The third-order valence-electron chi connectivity index (χ3n) is 5.52. The van der Waals surface area contributed by atoms with Crippen LogP contribution in [0, 0.1) is 13.8 Å². The molecule has 0 bridgehead atoms. The number of thioether (sulfide) groups is 1. The molecule has 5 nitrogen and oxygen atoms in total. The Balaban J connectivity index is 1.47. The van der Waals surface area contributed by atoms with Crippen molar-refractivity contribution in [3.63, 3.8) is 0 Å². The number of benzene rings is 2. The van der Waals surface area contributed by atoms with Crippen LogP contribution in [-0.4, -0.2) is 32.8 Å². The molecule has 0 spiro atoms. The first kappa shape index (κ1) is 18.2. The summed E-state index contributed by atoms with van der Waals surface area (Å²) in [6.45, 7) is 4.91. The Labute approximate surface area is 173 Å². The highest BCUT2D eigenvalue weighted by Crippen LogP contribution is 2.29. The summed E-state index contributed by atoms with van der Waals surface area (Å²) in [6.07, 6.45) is 2.04. The first-order valence-corrected chi connectivity index (χ1v) is 10.9. The fraction of sp³-hybridized carbons (Fsp3) is 0.261. The van der Waals surface area contributed by atoms with E-state index in [0.717, 1.165) is 52.3 Å². The van der Waals surface area contributed by atoms with E-state index in [1.807, 2.05) is 30.0 Å². The Bertz CT molecular complexity index is 1250. The fourth-order valence-corrected chi connectivity index (χ4v) is 4.92. The van der Waals surface area contributed by atoms with E-state index in [4.69, 9.17) is 0 Å². The number of hydrogen-bond donors (Lipinski definition) is 0. The van der Waals surface area contributed by atoms with Crippen molar-refractivity contribution in [3.8, 4) is 0 Å². The number of hydrogen-bond acceptors (Lipinski definition) is 4. The second-order valence-electron chi connectivity index (χ2n) is 7.60. The van der Waals surface area contributed by atoms with Gasteiger partial charge in [-0.3, -0.25) is 9.20 Å². The van der Waals surface area contributed by atoms with Gasteiger partial charge < -0.3 is 4.90 Å². The van der Waals surface area contributed by atoms with E-state index in [0.29, 0.717) is 5.75 Å². The van der Waals surface area contributed by atoms with E-state index in [-0.39, 0.29) is 5.91 Å². The maximum absolute atomic E-state index is 13.0. The van der Waals surface area contributed by atoms with Gasteiger partial charge in [0, 0.05) is 12.2 Å². The molecule has 5 rings (SSSR count). The van der Waals surface area contributed by atoms with Crippen molar-refractivity contribution in [1.82, 2.24) is 14.6 Å². The number of aromatic nitrogens is 3. The number of para-hydroxylation sites is 1. The average molecular weight is 403 g/mol. The minimum Gasteiger partial charge on any atom is -0.311 e. The summed E-state index contributed by atoms with van der Waals surface area (Å²) in [5.74, 6) is 0.461. The SMILES string of the molecule is Cc1ccc2cc(C)c3nnc(SCC(=O)N4CCCc5ccccc54)n3c2c1. The monoisotopic (exact) mass is 402 g/mol. The van der Waals surface area contributed by atoms with Gasteiger partial charge in [-0.25, -0.2) is 0 Å². The molecule has 0 saturated heterocycles. The van der Waals surface area contributed by atoms with Gasteiger partial charge in [-0.2, -0.15) is 0 Å². The van der Waals surface area contributed by atoms with Crippen LogP contribution >= 0.6 is 11.8 Å². The highest BCUT2D eigenvalue weighted by molar-refractivity contribution is 7.99. The highest BCUT2D eigenvalue weighted by Gasteiger charge is 2.23. The Morgan fingerprint density at radius 3 is 2.86 bits per heavy atom. The van der Waals surface area contributed by atoms with Crippen LogP contribution in [-0.2, 0) is 11.2 Å².